The molecular formula is C15H18FNO2. The zero-order valence-corrected chi connectivity index (χ0v) is 11.5. The quantitative estimate of drug-likeness (QED) is 0.893. The molecule has 2 N–H and O–H groups in total. The molecule has 0 saturated heterocycles. The van der Waals surface area contributed by atoms with Crippen molar-refractivity contribution in [3.05, 3.63) is 52.1 Å². The smallest absolute Gasteiger partial charge is 0.165 e. The molecule has 1 aromatic carbocycles. The first kappa shape index (κ1) is 13.6. The van der Waals surface area contributed by atoms with Crippen LogP contribution in [-0.2, 0) is 0 Å². The van der Waals surface area contributed by atoms with E-state index in [0.717, 1.165) is 16.8 Å². The molecule has 19 heavy (non-hydrogen) atoms. The number of aromatic amines is 1. The van der Waals surface area contributed by atoms with Gasteiger partial charge in [-0.15, -0.1) is 0 Å². The van der Waals surface area contributed by atoms with Gasteiger partial charge in [0, 0.05) is 5.69 Å². The predicted molar refractivity (Wildman–Crippen MR) is 72.0 cm³/mol. The number of rotatable bonds is 3. The van der Waals surface area contributed by atoms with E-state index in [-0.39, 0.29) is 5.75 Å². The van der Waals surface area contributed by atoms with Gasteiger partial charge in [-0.3, -0.25) is 0 Å². The Morgan fingerprint density at radius 1 is 1.21 bits per heavy atom. The molecule has 1 aromatic heterocycles. The third kappa shape index (κ3) is 2.36. The second kappa shape index (κ2) is 5.05. The van der Waals surface area contributed by atoms with E-state index in [1.807, 2.05) is 20.8 Å². The maximum Gasteiger partial charge on any atom is 0.165 e. The van der Waals surface area contributed by atoms with Crippen LogP contribution in [0.2, 0.25) is 0 Å². The van der Waals surface area contributed by atoms with Gasteiger partial charge in [-0.25, -0.2) is 4.39 Å². The van der Waals surface area contributed by atoms with Crippen molar-refractivity contribution < 1.29 is 14.2 Å². The SMILES string of the molecule is COc1ccc(C(O)c2[nH]c(C)c(C)c2C)cc1F. The molecule has 0 aliphatic carbocycles. The lowest BCUT2D eigenvalue weighted by molar-refractivity contribution is 0.214. The molecule has 0 fully saturated rings. The minimum atomic E-state index is -0.868. The third-order valence-electron chi connectivity index (χ3n) is 3.62. The Labute approximate surface area is 112 Å². The highest BCUT2D eigenvalue weighted by Gasteiger charge is 2.18. The normalized spacial score (nSPS) is 12.5. The molecule has 2 aromatic rings. The van der Waals surface area contributed by atoms with Crippen molar-refractivity contribution in [2.45, 2.75) is 26.9 Å². The van der Waals surface area contributed by atoms with Gasteiger partial charge in [-0.1, -0.05) is 6.07 Å². The van der Waals surface area contributed by atoms with Crippen LogP contribution < -0.4 is 4.74 Å². The van der Waals surface area contributed by atoms with Crippen molar-refractivity contribution in [2.75, 3.05) is 7.11 Å². The van der Waals surface area contributed by atoms with Crippen LogP contribution >= 0.6 is 0 Å². The van der Waals surface area contributed by atoms with Crippen molar-refractivity contribution in [3.8, 4) is 5.75 Å². The van der Waals surface area contributed by atoms with Crippen molar-refractivity contribution >= 4 is 0 Å². The fourth-order valence-electron chi connectivity index (χ4n) is 2.17. The Bertz CT molecular complexity index is 604. The van der Waals surface area contributed by atoms with E-state index in [9.17, 15) is 9.50 Å². The number of aliphatic hydroxyl groups is 1. The van der Waals surface area contributed by atoms with E-state index in [2.05, 4.69) is 4.98 Å². The number of hydrogen-bond donors (Lipinski definition) is 2. The number of halogens is 1. The van der Waals surface area contributed by atoms with Gasteiger partial charge in [0.1, 0.15) is 6.10 Å². The summed E-state index contributed by atoms with van der Waals surface area (Å²) in [4.78, 5) is 3.16. The van der Waals surface area contributed by atoms with Crippen LogP contribution in [0.5, 0.6) is 5.75 Å². The zero-order chi connectivity index (χ0) is 14.2. The molecule has 0 spiro atoms. The summed E-state index contributed by atoms with van der Waals surface area (Å²) in [5.74, 6) is -0.303. The van der Waals surface area contributed by atoms with Gasteiger partial charge in [0.05, 0.1) is 12.8 Å². The summed E-state index contributed by atoms with van der Waals surface area (Å²) in [6.45, 7) is 5.89. The fourth-order valence-corrected chi connectivity index (χ4v) is 2.17. The summed E-state index contributed by atoms with van der Waals surface area (Å²) in [6.07, 6.45) is -0.868. The van der Waals surface area contributed by atoms with Gasteiger partial charge in [0.25, 0.3) is 0 Å². The van der Waals surface area contributed by atoms with Crippen LogP contribution in [0.25, 0.3) is 0 Å². The van der Waals surface area contributed by atoms with Crippen molar-refractivity contribution in [2.24, 2.45) is 0 Å². The van der Waals surface area contributed by atoms with E-state index in [4.69, 9.17) is 4.74 Å². The predicted octanol–water partition coefficient (Wildman–Crippen LogP) is 3.17. The molecule has 0 amide bonds. The molecule has 0 bridgehead atoms. The van der Waals surface area contributed by atoms with Crippen molar-refractivity contribution in [1.82, 2.24) is 4.98 Å². The summed E-state index contributed by atoms with van der Waals surface area (Å²) in [7, 11) is 1.41. The Balaban J connectivity index is 2.41. The van der Waals surface area contributed by atoms with Gasteiger partial charge in [-0.05, 0) is 49.6 Å². The number of ether oxygens (including phenoxy) is 1. The Morgan fingerprint density at radius 2 is 1.89 bits per heavy atom. The van der Waals surface area contributed by atoms with E-state index in [1.54, 1.807) is 6.07 Å². The molecule has 4 heteroatoms. The van der Waals surface area contributed by atoms with Crippen LogP contribution in [0.1, 0.15) is 34.2 Å². The van der Waals surface area contributed by atoms with Gasteiger partial charge in [0.2, 0.25) is 0 Å². The topological polar surface area (TPSA) is 45.2 Å². The molecule has 2 rings (SSSR count). The summed E-state index contributed by atoms with van der Waals surface area (Å²) >= 11 is 0. The number of nitrogens with one attached hydrogen (secondary N) is 1. The lowest BCUT2D eigenvalue weighted by Crippen LogP contribution is -2.03. The average Bonchev–Trinajstić information content (AvgIpc) is 2.65. The number of H-pyrrole nitrogens is 1. The van der Waals surface area contributed by atoms with Crippen LogP contribution in [-0.4, -0.2) is 17.2 Å². The third-order valence-corrected chi connectivity index (χ3v) is 3.62. The molecule has 0 aliphatic heterocycles. The minimum absolute atomic E-state index is 0.173. The highest BCUT2D eigenvalue weighted by Crippen LogP contribution is 2.29. The van der Waals surface area contributed by atoms with Crippen LogP contribution in [0.3, 0.4) is 0 Å². The highest BCUT2D eigenvalue weighted by molar-refractivity contribution is 5.40. The molecule has 1 unspecified atom stereocenters. The largest absolute Gasteiger partial charge is 0.494 e. The molecule has 0 radical (unpaired) electrons. The highest BCUT2D eigenvalue weighted by atomic mass is 19.1. The monoisotopic (exact) mass is 263 g/mol. The number of aliphatic hydroxyl groups excluding tert-OH is 1. The Hall–Kier alpha value is -1.81. The maximum absolute atomic E-state index is 13.7. The molecular weight excluding hydrogens is 245 g/mol. The lowest BCUT2D eigenvalue weighted by Gasteiger charge is -2.12. The van der Waals surface area contributed by atoms with Crippen LogP contribution in [0.4, 0.5) is 4.39 Å². The number of methoxy groups -OCH3 is 1. The molecule has 1 heterocycles. The van der Waals surface area contributed by atoms with Gasteiger partial charge >= 0.3 is 0 Å². The summed E-state index contributed by atoms with van der Waals surface area (Å²) in [6, 6.07) is 4.48. The second-order valence-electron chi connectivity index (χ2n) is 4.71. The van der Waals surface area contributed by atoms with Crippen molar-refractivity contribution in [3.63, 3.8) is 0 Å². The summed E-state index contributed by atoms with van der Waals surface area (Å²) in [5, 5.41) is 10.4. The average molecular weight is 263 g/mol. The first-order chi connectivity index (χ1) is 8.95. The number of hydrogen-bond acceptors (Lipinski definition) is 2. The lowest BCUT2D eigenvalue weighted by atomic mass is 10.0. The Kier molecular flexibility index (Phi) is 3.62. The first-order valence-corrected chi connectivity index (χ1v) is 6.12. The van der Waals surface area contributed by atoms with Crippen LogP contribution in [0.15, 0.2) is 18.2 Å². The minimum Gasteiger partial charge on any atom is -0.494 e. The summed E-state index contributed by atoms with van der Waals surface area (Å²) < 4.78 is 18.5. The van der Waals surface area contributed by atoms with E-state index in [1.165, 1.54) is 19.2 Å². The molecule has 0 aliphatic rings. The van der Waals surface area contributed by atoms with Gasteiger partial charge in [0.15, 0.2) is 11.6 Å². The van der Waals surface area contributed by atoms with Gasteiger partial charge < -0.3 is 14.8 Å². The van der Waals surface area contributed by atoms with E-state index < -0.39 is 11.9 Å². The molecule has 3 nitrogen and oxygen atoms in total. The maximum atomic E-state index is 13.7. The van der Waals surface area contributed by atoms with E-state index >= 15 is 0 Å². The van der Waals surface area contributed by atoms with E-state index in [0.29, 0.717) is 11.3 Å². The molecule has 102 valence electrons. The number of benzene rings is 1. The molecule has 1 atom stereocenters. The number of aryl methyl sites for hydroxylation is 1. The van der Waals surface area contributed by atoms with Crippen LogP contribution in [0, 0.1) is 26.6 Å². The zero-order valence-electron chi connectivity index (χ0n) is 11.5. The standard InChI is InChI=1S/C15H18FNO2/c1-8-9(2)14(17-10(8)3)15(18)11-5-6-13(19-4)12(16)7-11/h5-7,15,17-18H,1-4H3. The number of aromatic nitrogens is 1. The Morgan fingerprint density at radius 3 is 2.37 bits per heavy atom. The molecule has 0 saturated carbocycles. The van der Waals surface area contributed by atoms with Crippen molar-refractivity contribution in [1.29, 1.82) is 0 Å². The van der Waals surface area contributed by atoms with Gasteiger partial charge in [-0.2, -0.15) is 0 Å². The first-order valence-electron chi connectivity index (χ1n) is 6.12. The fraction of sp³-hybridized carbons (Fsp3) is 0.333. The second-order valence-corrected chi connectivity index (χ2v) is 4.71. The summed E-state index contributed by atoms with van der Waals surface area (Å²) in [5.41, 5.74) is 4.34.